The van der Waals surface area contributed by atoms with Crippen molar-refractivity contribution in [1.29, 1.82) is 0 Å². The number of hydrogen-bond acceptors (Lipinski definition) is 7. The minimum absolute atomic E-state index is 0.0126. The van der Waals surface area contributed by atoms with Gasteiger partial charge in [0, 0.05) is 5.56 Å². The highest BCUT2D eigenvalue weighted by molar-refractivity contribution is 5.95. The van der Waals surface area contributed by atoms with Crippen molar-refractivity contribution in [1.82, 2.24) is 15.4 Å². The molecule has 136 valence electrons. The van der Waals surface area contributed by atoms with Gasteiger partial charge in [0.1, 0.15) is 12.1 Å². The van der Waals surface area contributed by atoms with Crippen molar-refractivity contribution in [2.45, 2.75) is 0 Å². The molecule has 0 radical (unpaired) electrons. The number of aromatic nitrogens is 2. The Bertz CT molecular complexity index is 983. The second kappa shape index (κ2) is 7.87. The van der Waals surface area contributed by atoms with Crippen molar-refractivity contribution in [3.63, 3.8) is 0 Å². The third-order valence-electron chi connectivity index (χ3n) is 3.46. The molecule has 0 aliphatic heterocycles. The number of halogens is 1. The van der Waals surface area contributed by atoms with E-state index in [0.717, 1.165) is 6.33 Å². The van der Waals surface area contributed by atoms with Crippen LogP contribution in [0.15, 0.2) is 60.9 Å². The van der Waals surface area contributed by atoms with Crippen LogP contribution in [0.3, 0.4) is 0 Å². The molecule has 0 aliphatic carbocycles. The zero-order valence-corrected chi connectivity index (χ0v) is 13.7. The molecule has 0 saturated carbocycles. The normalized spacial score (nSPS) is 10.1. The first-order valence-corrected chi connectivity index (χ1v) is 7.68. The number of hydrazine groups is 1. The molecule has 0 aliphatic rings. The van der Waals surface area contributed by atoms with Gasteiger partial charge in [-0.05, 0) is 24.3 Å². The monoisotopic (exact) mass is 368 g/mol. The third kappa shape index (κ3) is 4.12. The lowest BCUT2D eigenvalue weighted by Crippen LogP contribution is -2.30. The van der Waals surface area contributed by atoms with Gasteiger partial charge >= 0.3 is 5.69 Å². The van der Waals surface area contributed by atoms with Gasteiger partial charge in [0.25, 0.3) is 5.91 Å². The van der Waals surface area contributed by atoms with E-state index in [4.69, 9.17) is 0 Å². The number of hydrogen-bond donors (Lipinski definition) is 3. The quantitative estimate of drug-likeness (QED) is 0.451. The van der Waals surface area contributed by atoms with Crippen molar-refractivity contribution in [3.05, 3.63) is 82.4 Å². The first kappa shape index (κ1) is 17.7. The number of nitro groups is 1. The summed E-state index contributed by atoms with van der Waals surface area (Å²) in [7, 11) is 0. The number of rotatable bonds is 6. The Labute approximate surface area is 152 Å². The van der Waals surface area contributed by atoms with E-state index in [1.54, 1.807) is 36.4 Å². The standard InChI is InChI=1S/C17H13FN6O3/c18-12-8-4-5-9-13(12)21-15-14(24(26)27)16(20-10-19-15)22-23-17(25)11-6-2-1-3-7-11/h1-10H,(H,23,25)(H2,19,20,21,22). The SMILES string of the molecule is O=C(NNc1ncnc(Nc2ccccc2F)c1[N+](=O)[O-])c1ccccc1. The number of nitrogens with zero attached hydrogens (tertiary/aromatic N) is 3. The average molecular weight is 368 g/mol. The highest BCUT2D eigenvalue weighted by atomic mass is 19.1. The second-order valence-corrected chi connectivity index (χ2v) is 5.23. The van der Waals surface area contributed by atoms with E-state index in [1.807, 2.05) is 0 Å². The van der Waals surface area contributed by atoms with Gasteiger partial charge in [-0.15, -0.1) is 0 Å². The lowest BCUT2D eigenvalue weighted by atomic mass is 10.2. The number of benzene rings is 2. The molecule has 10 heteroatoms. The van der Waals surface area contributed by atoms with Gasteiger partial charge in [-0.2, -0.15) is 0 Å². The largest absolute Gasteiger partial charge is 0.355 e. The predicted octanol–water partition coefficient (Wildman–Crippen LogP) is 3.02. The second-order valence-electron chi connectivity index (χ2n) is 5.23. The van der Waals surface area contributed by atoms with Crippen LogP contribution in [0.4, 0.5) is 27.4 Å². The summed E-state index contributed by atoms with van der Waals surface area (Å²) in [5, 5.41) is 14.0. The summed E-state index contributed by atoms with van der Waals surface area (Å²) in [6.07, 6.45) is 1.05. The molecule has 0 unspecified atom stereocenters. The fourth-order valence-corrected chi connectivity index (χ4v) is 2.20. The molecule has 3 N–H and O–H groups in total. The summed E-state index contributed by atoms with van der Waals surface area (Å²) < 4.78 is 13.8. The summed E-state index contributed by atoms with van der Waals surface area (Å²) in [5.41, 5.74) is 4.55. The summed E-state index contributed by atoms with van der Waals surface area (Å²) >= 11 is 0. The molecule has 0 spiro atoms. The Balaban J connectivity index is 1.84. The van der Waals surface area contributed by atoms with Gasteiger partial charge in [-0.3, -0.25) is 25.8 Å². The van der Waals surface area contributed by atoms with E-state index in [1.165, 1.54) is 18.2 Å². The molecule has 27 heavy (non-hydrogen) atoms. The van der Waals surface area contributed by atoms with E-state index in [-0.39, 0.29) is 17.3 Å². The van der Waals surface area contributed by atoms with Gasteiger partial charge < -0.3 is 5.32 Å². The first-order chi connectivity index (χ1) is 13.1. The van der Waals surface area contributed by atoms with Crippen LogP contribution in [0.25, 0.3) is 0 Å². The molecule has 0 fully saturated rings. The van der Waals surface area contributed by atoms with Gasteiger partial charge in [-0.25, -0.2) is 14.4 Å². The summed E-state index contributed by atoms with van der Waals surface area (Å²) in [5.74, 6) is -1.58. The van der Waals surface area contributed by atoms with Crippen LogP contribution in [0.1, 0.15) is 10.4 Å². The fraction of sp³-hybridized carbons (Fsp3) is 0. The van der Waals surface area contributed by atoms with Crippen LogP contribution in [0.5, 0.6) is 0 Å². The number of para-hydroxylation sites is 1. The van der Waals surface area contributed by atoms with Crippen LogP contribution >= 0.6 is 0 Å². The average Bonchev–Trinajstić information content (AvgIpc) is 2.68. The number of carbonyl (C=O) groups excluding carboxylic acids is 1. The third-order valence-corrected chi connectivity index (χ3v) is 3.46. The van der Waals surface area contributed by atoms with Crippen molar-refractivity contribution in [3.8, 4) is 0 Å². The Morgan fingerprint density at radius 1 is 1.00 bits per heavy atom. The zero-order valence-electron chi connectivity index (χ0n) is 13.7. The molecule has 1 aromatic heterocycles. The van der Waals surface area contributed by atoms with E-state index in [9.17, 15) is 19.3 Å². The minimum atomic E-state index is -0.736. The topological polar surface area (TPSA) is 122 Å². The van der Waals surface area contributed by atoms with E-state index in [0.29, 0.717) is 5.56 Å². The van der Waals surface area contributed by atoms with Crippen molar-refractivity contribution < 1.29 is 14.1 Å². The van der Waals surface area contributed by atoms with E-state index < -0.39 is 22.3 Å². The zero-order chi connectivity index (χ0) is 19.2. The molecule has 9 nitrogen and oxygen atoms in total. The maximum atomic E-state index is 13.8. The summed E-state index contributed by atoms with van der Waals surface area (Å²) in [4.78, 5) is 30.4. The summed E-state index contributed by atoms with van der Waals surface area (Å²) in [6, 6.07) is 13.9. The Hall–Kier alpha value is -4.08. The lowest BCUT2D eigenvalue weighted by Gasteiger charge is -2.11. The maximum absolute atomic E-state index is 13.8. The molecule has 1 heterocycles. The molecular formula is C17H13FN6O3. The van der Waals surface area contributed by atoms with E-state index in [2.05, 4.69) is 26.1 Å². The molecule has 3 rings (SSSR count). The predicted molar refractivity (Wildman–Crippen MR) is 95.9 cm³/mol. The number of carbonyl (C=O) groups is 1. The van der Waals surface area contributed by atoms with Crippen LogP contribution < -0.4 is 16.2 Å². The van der Waals surface area contributed by atoms with E-state index >= 15 is 0 Å². The Morgan fingerprint density at radius 3 is 2.37 bits per heavy atom. The van der Waals surface area contributed by atoms with Crippen molar-refractivity contribution >= 4 is 28.9 Å². The van der Waals surface area contributed by atoms with Crippen molar-refractivity contribution in [2.24, 2.45) is 0 Å². The summed E-state index contributed by atoms with van der Waals surface area (Å²) in [6.45, 7) is 0. The fourth-order valence-electron chi connectivity index (χ4n) is 2.20. The minimum Gasteiger partial charge on any atom is -0.332 e. The number of nitrogens with one attached hydrogen (secondary N) is 3. The van der Waals surface area contributed by atoms with Crippen LogP contribution in [0.2, 0.25) is 0 Å². The van der Waals surface area contributed by atoms with Crippen LogP contribution in [-0.4, -0.2) is 20.8 Å². The highest BCUT2D eigenvalue weighted by Gasteiger charge is 2.24. The Kier molecular flexibility index (Phi) is 5.17. The molecule has 0 atom stereocenters. The van der Waals surface area contributed by atoms with Gasteiger partial charge in [0.15, 0.2) is 0 Å². The highest BCUT2D eigenvalue weighted by Crippen LogP contribution is 2.31. The van der Waals surface area contributed by atoms with Gasteiger partial charge in [0.05, 0.1) is 10.6 Å². The molecule has 2 aromatic carbocycles. The molecular weight excluding hydrogens is 355 g/mol. The number of anilines is 3. The molecule has 0 bridgehead atoms. The maximum Gasteiger partial charge on any atom is 0.355 e. The molecule has 3 aromatic rings. The smallest absolute Gasteiger partial charge is 0.332 e. The first-order valence-electron chi connectivity index (χ1n) is 7.68. The Morgan fingerprint density at radius 2 is 1.67 bits per heavy atom. The van der Waals surface area contributed by atoms with Crippen LogP contribution in [0, 0.1) is 15.9 Å². The number of amides is 1. The molecule has 1 amide bonds. The van der Waals surface area contributed by atoms with Gasteiger partial charge in [-0.1, -0.05) is 30.3 Å². The lowest BCUT2D eigenvalue weighted by molar-refractivity contribution is -0.383. The van der Waals surface area contributed by atoms with Gasteiger partial charge in [0.2, 0.25) is 11.6 Å². The van der Waals surface area contributed by atoms with Crippen LogP contribution in [-0.2, 0) is 0 Å². The molecule has 0 saturated heterocycles. The van der Waals surface area contributed by atoms with Crippen molar-refractivity contribution in [2.75, 3.05) is 10.7 Å².